The van der Waals surface area contributed by atoms with Crippen molar-refractivity contribution in [1.82, 2.24) is 5.43 Å². The molecule has 1 amide bonds. The number of nitroso groups, excluding NO2 is 1. The molecule has 0 spiro atoms. The molecule has 1 aliphatic rings. The van der Waals surface area contributed by atoms with Crippen molar-refractivity contribution in [2.24, 2.45) is 15.3 Å². The van der Waals surface area contributed by atoms with E-state index < -0.39 is 0 Å². The number of carbonyl (C=O) groups excluding carboxylic acids is 1. The molecule has 0 bridgehead atoms. The lowest BCUT2D eigenvalue weighted by Crippen LogP contribution is -2.24. The van der Waals surface area contributed by atoms with Crippen molar-refractivity contribution in [1.29, 1.82) is 0 Å². The topological polar surface area (TPSA) is 92.5 Å². The van der Waals surface area contributed by atoms with Crippen LogP contribution in [0.2, 0.25) is 0 Å². The summed E-state index contributed by atoms with van der Waals surface area (Å²) in [7, 11) is 0. The summed E-state index contributed by atoms with van der Waals surface area (Å²) in [5.41, 5.74) is 5.36. The number of ether oxygens (including phenoxy) is 1. The molecular weight excluding hydrogens is 308 g/mol. The number of nitrogens with zero attached hydrogens (tertiary/aromatic N) is 3. The quantitative estimate of drug-likeness (QED) is 0.482. The molecule has 0 fully saturated rings. The Morgan fingerprint density at radius 3 is 2.67 bits per heavy atom. The molecule has 2 aromatic carbocycles. The van der Waals surface area contributed by atoms with Gasteiger partial charge in [0.25, 0.3) is 5.91 Å². The van der Waals surface area contributed by atoms with Gasteiger partial charge < -0.3 is 4.74 Å². The number of nitrogens with one attached hydrogen (secondary N) is 1. The van der Waals surface area contributed by atoms with Crippen molar-refractivity contribution in [3.05, 3.63) is 64.6 Å². The fraction of sp³-hybridized carbons (Fsp3) is 0.118. The van der Waals surface area contributed by atoms with Gasteiger partial charge in [-0.15, -0.1) is 4.91 Å². The van der Waals surface area contributed by atoms with E-state index in [2.05, 4.69) is 20.7 Å². The molecule has 1 heterocycles. The minimum absolute atomic E-state index is 0.143. The van der Waals surface area contributed by atoms with Crippen molar-refractivity contribution in [3.63, 3.8) is 0 Å². The van der Waals surface area contributed by atoms with E-state index >= 15 is 0 Å². The molecule has 0 aromatic heterocycles. The number of amides is 1. The van der Waals surface area contributed by atoms with Crippen LogP contribution in [0, 0.1) is 4.91 Å². The van der Waals surface area contributed by atoms with Crippen LogP contribution in [-0.4, -0.2) is 31.0 Å². The highest BCUT2D eigenvalue weighted by Crippen LogP contribution is 2.22. The monoisotopic (exact) mass is 322 g/mol. The number of benzene rings is 2. The van der Waals surface area contributed by atoms with Gasteiger partial charge in [-0.3, -0.25) is 9.79 Å². The smallest absolute Gasteiger partial charge is 0.277 e. The Bertz CT molecular complexity index is 813. The molecule has 0 radical (unpaired) electrons. The third-order valence-corrected chi connectivity index (χ3v) is 3.27. The Morgan fingerprint density at radius 2 is 1.96 bits per heavy atom. The average molecular weight is 322 g/mol. The van der Waals surface area contributed by atoms with Gasteiger partial charge >= 0.3 is 0 Å². The zero-order valence-corrected chi connectivity index (χ0v) is 12.7. The molecule has 24 heavy (non-hydrogen) atoms. The minimum atomic E-state index is -0.370. The van der Waals surface area contributed by atoms with E-state index in [4.69, 9.17) is 4.74 Å². The van der Waals surface area contributed by atoms with Crippen LogP contribution in [0.15, 0.2) is 63.8 Å². The molecule has 1 aliphatic heterocycles. The van der Waals surface area contributed by atoms with Gasteiger partial charge in [0.15, 0.2) is 6.61 Å². The highest BCUT2D eigenvalue weighted by molar-refractivity contribution is 6.12. The van der Waals surface area contributed by atoms with Crippen LogP contribution in [0.1, 0.15) is 11.1 Å². The Kier molecular flexibility index (Phi) is 4.71. The molecule has 7 nitrogen and oxygen atoms in total. The SMILES string of the molecule is O=Nc1ccc(/C=N/NC(=O)COc2ccccc2C2=NC2)cc1. The van der Waals surface area contributed by atoms with Crippen molar-refractivity contribution in [3.8, 4) is 5.75 Å². The number of rotatable bonds is 7. The first-order valence-corrected chi connectivity index (χ1v) is 7.27. The maximum Gasteiger partial charge on any atom is 0.277 e. The van der Waals surface area contributed by atoms with E-state index in [0.717, 1.165) is 23.4 Å². The number of carbonyl (C=O) groups is 1. The minimum Gasteiger partial charge on any atom is -0.483 e. The predicted molar refractivity (Wildman–Crippen MR) is 91.0 cm³/mol. The molecule has 0 saturated carbocycles. The van der Waals surface area contributed by atoms with E-state index in [9.17, 15) is 9.70 Å². The number of hydrogen-bond acceptors (Lipinski definition) is 6. The second kappa shape index (κ2) is 7.28. The molecule has 1 N–H and O–H groups in total. The Labute approximate surface area is 138 Å². The van der Waals surface area contributed by atoms with Crippen molar-refractivity contribution in [2.75, 3.05) is 13.2 Å². The molecule has 3 rings (SSSR count). The summed E-state index contributed by atoms with van der Waals surface area (Å²) in [6.45, 7) is 0.574. The number of hydrazone groups is 1. The summed E-state index contributed by atoms with van der Waals surface area (Å²) in [5, 5.41) is 6.65. The lowest BCUT2D eigenvalue weighted by Gasteiger charge is -2.07. The first-order chi connectivity index (χ1) is 11.8. The van der Waals surface area contributed by atoms with Gasteiger partial charge in [0.05, 0.1) is 18.5 Å². The van der Waals surface area contributed by atoms with E-state index in [-0.39, 0.29) is 12.5 Å². The zero-order chi connectivity index (χ0) is 16.8. The molecular formula is C17H14N4O3. The molecule has 7 heteroatoms. The van der Waals surface area contributed by atoms with Crippen LogP contribution < -0.4 is 10.2 Å². The lowest BCUT2D eigenvalue weighted by atomic mass is 10.1. The summed E-state index contributed by atoms with van der Waals surface area (Å²) < 4.78 is 5.52. The zero-order valence-electron chi connectivity index (χ0n) is 12.7. The normalized spacial score (nSPS) is 12.6. The van der Waals surface area contributed by atoms with Gasteiger partial charge in [0, 0.05) is 5.56 Å². The van der Waals surface area contributed by atoms with Crippen molar-refractivity contribution in [2.45, 2.75) is 0 Å². The number of para-hydroxylation sites is 1. The first-order valence-electron chi connectivity index (χ1n) is 7.27. The third-order valence-electron chi connectivity index (χ3n) is 3.27. The van der Waals surface area contributed by atoms with Gasteiger partial charge in [0.2, 0.25) is 0 Å². The van der Waals surface area contributed by atoms with Crippen LogP contribution in [-0.2, 0) is 4.79 Å². The standard InChI is InChI=1S/C17H14N4O3/c22-17(20-19-9-12-5-7-13(21-23)8-6-12)11-24-16-4-2-1-3-14(16)15-10-18-15/h1-9H,10-11H2,(H,20,22)/b19-9+. The van der Waals surface area contributed by atoms with E-state index in [1.807, 2.05) is 18.2 Å². The maximum absolute atomic E-state index is 11.8. The summed E-state index contributed by atoms with van der Waals surface area (Å²) in [6.07, 6.45) is 1.47. The summed E-state index contributed by atoms with van der Waals surface area (Å²) in [5.74, 6) is 0.259. The number of hydrogen-bond donors (Lipinski definition) is 1. The van der Waals surface area contributed by atoms with Crippen LogP contribution in [0.4, 0.5) is 5.69 Å². The van der Waals surface area contributed by atoms with Gasteiger partial charge in [-0.05, 0) is 35.0 Å². The molecule has 0 aliphatic carbocycles. The third kappa shape index (κ3) is 4.10. The molecule has 0 unspecified atom stereocenters. The highest BCUT2D eigenvalue weighted by Gasteiger charge is 2.17. The van der Waals surface area contributed by atoms with Crippen LogP contribution in [0.3, 0.4) is 0 Å². The van der Waals surface area contributed by atoms with E-state index in [1.165, 1.54) is 6.21 Å². The summed E-state index contributed by atoms with van der Waals surface area (Å²) in [6, 6.07) is 13.9. The van der Waals surface area contributed by atoms with Gasteiger partial charge in [-0.25, -0.2) is 5.43 Å². The summed E-state index contributed by atoms with van der Waals surface area (Å²) >= 11 is 0. The Hall–Kier alpha value is -3.35. The molecule has 0 saturated heterocycles. The van der Waals surface area contributed by atoms with Gasteiger partial charge in [0.1, 0.15) is 11.4 Å². The fourth-order valence-corrected chi connectivity index (χ4v) is 2.02. The van der Waals surface area contributed by atoms with E-state index in [1.54, 1.807) is 30.3 Å². The molecule has 0 atom stereocenters. The largest absolute Gasteiger partial charge is 0.483 e. The first kappa shape index (κ1) is 15.5. The fourth-order valence-electron chi connectivity index (χ4n) is 2.02. The van der Waals surface area contributed by atoms with Crippen LogP contribution in [0.5, 0.6) is 5.75 Å². The summed E-state index contributed by atoms with van der Waals surface area (Å²) in [4.78, 5) is 26.2. The number of aliphatic imine (C=N–C) groups is 1. The van der Waals surface area contributed by atoms with Gasteiger partial charge in [-0.1, -0.05) is 24.3 Å². The highest BCUT2D eigenvalue weighted by atomic mass is 16.5. The van der Waals surface area contributed by atoms with Crippen LogP contribution in [0.25, 0.3) is 0 Å². The van der Waals surface area contributed by atoms with Crippen molar-refractivity contribution < 1.29 is 9.53 Å². The Morgan fingerprint density at radius 1 is 1.21 bits per heavy atom. The van der Waals surface area contributed by atoms with E-state index in [0.29, 0.717) is 11.4 Å². The predicted octanol–water partition coefficient (Wildman–Crippen LogP) is 2.42. The van der Waals surface area contributed by atoms with Crippen LogP contribution >= 0.6 is 0 Å². The Balaban J connectivity index is 1.50. The molecule has 2 aromatic rings. The lowest BCUT2D eigenvalue weighted by molar-refractivity contribution is -0.123. The second-order valence-corrected chi connectivity index (χ2v) is 5.02. The molecule has 120 valence electrons. The second-order valence-electron chi connectivity index (χ2n) is 5.02. The maximum atomic E-state index is 11.8. The average Bonchev–Trinajstić information content (AvgIpc) is 3.46. The van der Waals surface area contributed by atoms with Gasteiger partial charge in [-0.2, -0.15) is 5.10 Å². The van der Waals surface area contributed by atoms with Crippen molar-refractivity contribution >= 4 is 23.5 Å².